The summed E-state index contributed by atoms with van der Waals surface area (Å²) in [6.45, 7) is 8.28. The predicted molar refractivity (Wildman–Crippen MR) is 56.3 cm³/mol. The number of rotatable bonds is 3. The first-order valence-corrected chi connectivity index (χ1v) is 3.57. The van der Waals surface area contributed by atoms with E-state index in [2.05, 4.69) is 5.32 Å². The van der Waals surface area contributed by atoms with E-state index in [0.717, 1.165) is 19.5 Å². The van der Waals surface area contributed by atoms with E-state index >= 15 is 0 Å². The van der Waals surface area contributed by atoms with Gasteiger partial charge in [0, 0.05) is 28.3 Å². The summed E-state index contributed by atoms with van der Waals surface area (Å²) in [6, 6.07) is 0. The van der Waals surface area contributed by atoms with Crippen LogP contribution in [0.1, 0.15) is 27.2 Å². The number of aliphatic hydroxyl groups is 1. The van der Waals surface area contributed by atoms with Crippen LogP contribution in [0, 0.1) is 0 Å². The summed E-state index contributed by atoms with van der Waals surface area (Å²) in [4.78, 5) is 0. The van der Waals surface area contributed by atoms with Crippen molar-refractivity contribution in [1.82, 2.24) is 0 Å². The van der Waals surface area contributed by atoms with Gasteiger partial charge in [0.25, 0.3) is 0 Å². The zero-order chi connectivity index (χ0) is 7.54. The summed E-state index contributed by atoms with van der Waals surface area (Å²) in [5.41, 5.74) is 0. The molecule has 78 valence electrons. The number of halogens is 2. The maximum atomic E-state index is 7.88. The Labute approximate surface area is 104 Å². The van der Waals surface area contributed by atoms with Crippen molar-refractivity contribution in [2.45, 2.75) is 27.2 Å². The van der Waals surface area contributed by atoms with Crippen molar-refractivity contribution in [3.05, 3.63) is 5.32 Å². The molecule has 0 bridgehead atoms. The van der Waals surface area contributed by atoms with Gasteiger partial charge in [0.2, 0.25) is 0 Å². The number of hydrogen-bond donors (Lipinski definition) is 1. The molecule has 0 heterocycles. The Kier molecular flexibility index (Phi) is 96.8. The molecular formula is C7H20Cl2NOTi-. The van der Waals surface area contributed by atoms with Gasteiger partial charge < -0.3 is 10.4 Å². The van der Waals surface area contributed by atoms with Crippen molar-refractivity contribution in [2.24, 2.45) is 0 Å². The third-order valence-electron chi connectivity index (χ3n) is 0.671. The van der Waals surface area contributed by atoms with E-state index in [-0.39, 0.29) is 46.5 Å². The van der Waals surface area contributed by atoms with Gasteiger partial charge in [-0.3, -0.25) is 0 Å². The standard InChI is InChI=1S/C4H10N.C3H8O.2ClH.Ti/c1-3-5-4-2;1-2-3-4;;;/h3-4H2,1-2H3;4H,2-3H2,1H3;2*1H;/q-1;;;;. The molecule has 0 fully saturated rings. The minimum absolute atomic E-state index is 0. The average molecular weight is 253 g/mol. The van der Waals surface area contributed by atoms with Crippen LogP contribution in [0.2, 0.25) is 0 Å². The van der Waals surface area contributed by atoms with Crippen LogP contribution in [0.4, 0.5) is 0 Å². The van der Waals surface area contributed by atoms with Gasteiger partial charge in [-0.15, -0.1) is 24.8 Å². The first-order valence-electron chi connectivity index (χ1n) is 3.57. The molecule has 0 rings (SSSR count). The molecule has 0 aromatic rings. The van der Waals surface area contributed by atoms with Crippen molar-refractivity contribution in [3.8, 4) is 0 Å². The van der Waals surface area contributed by atoms with Gasteiger partial charge in [0.15, 0.2) is 0 Å². The van der Waals surface area contributed by atoms with Crippen molar-refractivity contribution >= 4 is 24.8 Å². The number of hydrogen-bond acceptors (Lipinski definition) is 1. The Hall–Kier alpha value is 1.21. The Balaban J connectivity index is -0.0000000221. The molecule has 0 amide bonds. The molecule has 0 aliphatic heterocycles. The molecule has 2 nitrogen and oxygen atoms in total. The number of aliphatic hydroxyl groups excluding tert-OH is 1. The molecular weight excluding hydrogens is 233 g/mol. The van der Waals surface area contributed by atoms with Gasteiger partial charge in [-0.05, 0) is 6.42 Å². The minimum atomic E-state index is 0. The van der Waals surface area contributed by atoms with Crippen LogP contribution in [-0.4, -0.2) is 24.8 Å². The Bertz CT molecular complexity index is 40.6. The minimum Gasteiger partial charge on any atom is -0.663 e. The van der Waals surface area contributed by atoms with Crippen molar-refractivity contribution in [3.63, 3.8) is 0 Å². The second-order valence-corrected chi connectivity index (χ2v) is 1.58. The second-order valence-electron chi connectivity index (χ2n) is 1.58. The number of nitrogens with zero attached hydrogens (tertiary/aromatic N) is 1. The monoisotopic (exact) mass is 252 g/mol. The molecule has 0 spiro atoms. The first-order chi connectivity index (χ1) is 4.33. The summed E-state index contributed by atoms with van der Waals surface area (Å²) in [6.07, 6.45) is 0.875. The third kappa shape index (κ3) is 65.9. The summed E-state index contributed by atoms with van der Waals surface area (Å²) >= 11 is 0. The van der Waals surface area contributed by atoms with Gasteiger partial charge in [-0.1, -0.05) is 20.8 Å². The molecule has 0 aromatic heterocycles. The summed E-state index contributed by atoms with van der Waals surface area (Å²) < 4.78 is 0. The van der Waals surface area contributed by atoms with Crippen LogP contribution >= 0.6 is 24.8 Å². The van der Waals surface area contributed by atoms with Crippen LogP contribution < -0.4 is 0 Å². The SMILES string of the molecule is CCCO.CC[N-]CC.Cl.Cl.[Ti]. The molecule has 12 heavy (non-hydrogen) atoms. The summed E-state index contributed by atoms with van der Waals surface area (Å²) in [5, 5.41) is 11.8. The van der Waals surface area contributed by atoms with E-state index in [1.165, 1.54) is 0 Å². The second kappa shape index (κ2) is 39.8. The van der Waals surface area contributed by atoms with Gasteiger partial charge in [-0.2, -0.15) is 13.1 Å². The van der Waals surface area contributed by atoms with Crippen LogP contribution in [0.15, 0.2) is 0 Å². The Morgan fingerprint density at radius 2 is 1.25 bits per heavy atom. The zero-order valence-corrected chi connectivity index (χ0v) is 11.2. The molecule has 0 saturated heterocycles. The maximum absolute atomic E-state index is 7.88. The average Bonchev–Trinajstić information content (AvgIpc) is 1.91. The van der Waals surface area contributed by atoms with Crippen LogP contribution in [0.5, 0.6) is 0 Å². The van der Waals surface area contributed by atoms with E-state index in [1.54, 1.807) is 0 Å². The molecule has 0 atom stereocenters. The first kappa shape index (κ1) is 29.2. The van der Waals surface area contributed by atoms with E-state index in [1.807, 2.05) is 20.8 Å². The van der Waals surface area contributed by atoms with Crippen molar-refractivity contribution < 1.29 is 26.8 Å². The van der Waals surface area contributed by atoms with Gasteiger partial charge >= 0.3 is 0 Å². The third-order valence-corrected chi connectivity index (χ3v) is 0.671. The predicted octanol–water partition coefficient (Wildman–Crippen LogP) is 2.63. The molecule has 0 saturated carbocycles. The fourth-order valence-electron chi connectivity index (χ4n) is 0.224. The van der Waals surface area contributed by atoms with E-state index in [9.17, 15) is 0 Å². The molecule has 0 radical (unpaired) electrons. The van der Waals surface area contributed by atoms with Crippen LogP contribution in [0.3, 0.4) is 0 Å². The van der Waals surface area contributed by atoms with Crippen molar-refractivity contribution in [1.29, 1.82) is 0 Å². The summed E-state index contributed by atoms with van der Waals surface area (Å²) in [7, 11) is 0. The van der Waals surface area contributed by atoms with Gasteiger partial charge in [0.05, 0.1) is 0 Å². The van der Waals surface area contributed by atoms with E-state index in [0.29, 0.717) is 6.61 Å². The fourth-order valence-corrected chi connectivity index (χ4v) is 0.224. The molecule has 0 aromatic carbocycles. The molecule has 0 aliphatic rings. The van der Waals surface area contributed by atoms with Gasteiger partial charge in [0.1, 0.15) is 0 Å². The molecule has 5 heteroatoms. The van der Waals surface area contributed by atoms with E-state index in [4.69, 9.17) is 5.11 Å². The largest absolute Gasteiger partial charge is 0.663 e. The van der Waals surface area contributed by atoms with E-state index < -0.39 is 0 Å². The molecule has 1 N–H and O–H groups in total. The zero-order valence-electron chi connectivity index (χ0n) is 8.04. The van der Waals surface area contributed by atoms with Crippen LogP contribution in [-0.2, 0) is 21.7 Å². The smallest absolute Gasteiger partial charge is 0.0428 e. The Morgan fingerprint density at radius 3 is 1.25 bits per heavy atom. The maximum Gasteiger partial charge on any atom is 0.0428 e. The van der Waals surface area contributed by atoms with Crippen molar-refractivity contribution in [2.75, 3.05) is 19.7 Å². The van der Waals surface area contributed by atoms with Crippen LogP contribution in [0.25, 0.3) is 5.32 Å². The summed E-state index contributed by atoms with van der Waals surface area (Å²) in [5.74, 6) is 0. The van der Waals surface area contributed by atoms with Gasteiger partial charge in [-0.25, -0.2) is 0 Å². The topological polar surface area (TPSA) is 34.3 Å². The normalized spacial score (nSPS) is 6.00. The quantitative estimate of drug-likeness (QED) is 0.771. The molecule has 0 aliphatic carbocycles. The molecule has 0 unspecified atom stereocenters. The Morgan fingerprint density at radius 1 is 1.00 bits per heavy atom. The fraction of sp³-hybridized carbons (Fsp3) is 1.00.